The third-order valence-electron chi connectivity index (χ3n) is 4.92. The molecule has 0 rings (SSSR count). The van der Waals surface area contributed by atoms with Gasteiger partial charge in [0.05, 0.1) is 25.2 Å². The lowest BCUT2D eigenvalue weighted by molar-refractivity contribution is -0.00610. The number of aliphatic hydroxyl groups is 1. The summed E-state index contributed by atoms with van der Waals surface area (Å²) in [5.74, 6) is 0.280. The molecule has 0 amide bonds. The van der Waals surface area contributed by atoms with E-state index in [1.54, 1.807) is 0 Å². The smallest absolute Gasteiger partial charge is 0.192 e. The van der Waals surface area contributed by atoms with Crippen molar-refractivity contribution in [2.24, 2.45) is 11.8 Å². The van der Waals surface area contributed by atoms with Crippen LogP contribution in [0.25, 0.3) is 0 Å². The number of aliphatic hydroxyl groups excluding tert-OH is 1. The molecule has 0 radical (unpaired) electrons. The zero-order valence-electron chi connectivity index (χ0n) is 17.2. The van der Waals surface area contributed by atoms with Crippen molar-refractivity contribution in [3.05, 3.63) is 12.2 Å². The van der Waals surface area contributed by atoms with E-state index in [1.165, 1.54) is 0 Å². The normalized spacial score (nSPS) is 20.0. The summed E-state index contributed by atoms with van der Waals surface area (Å²) < 4.78 is 12.6. The summed E-state index contributed by atoms with van der Waals surface area (Å²) in [7, 11) is 0.783. The molecule has 0 aromatic heterocycles. The SMILES string of the molecule is C/C=C/[C@@H](O)[C@H](C)[C@@H](O[Si](C)(C)C(C)(C)C)[C@@H](C)COCP(C)P. The van der Waals surface area contributed by atoms with Crippen molar-refractivity contribution in [2.45, 2.75) is 71.9 Å². The largest absolute Gasteiger partial charge is 0.413 e. The van der Waals surface area contributed by atoms with Gasteiger partial charge in [-0.05, 0) is 31.7 Å². The summed E-state index contributed by atoms with van der Waals surface area (Å²) in [6, 6.07) is 0. The first kappa shape index (κ1) is 24.7. The first-order valence-corrected chi connectivity index (χ1v) is 15.4. The average Bonchev–Trinajstić information content (AvgIpc) is 2.42. The molecular formula is C18H40O3P2Si. The Balaban J connectivity index is 5.21. The van der Waals surface area contributed by atoms with Crippen LogP contribution in [0.5, 0.6) is 0 Å². The third-order valence-corrected chi connectivity index (χ3v) is 10.4. The molecule has 0 saturated carbocycles. The molecule has 3 nitrogen and oxygen atoms in total. The molecule has 0 aliphatic carbocycles. The molecule has 2 unspecified atom stereocenters. The van der Waals surface area contributed by atoms with Crippen LogP contribution in [-0.4, -0.2) is 45.3 Å². The van der Waals surface area contributed by atoms with Gasteiger partial charge in [-0.1, -0.05) is 54.4 Å². The van der Waals surface area contributed by atoms with E-state index in [2.05, 4.69) is 63.3 Å². The van der Waals surface area contributed by atoms with Crippen LogP contribution in [0.4, 0.5) is 0 Å². The summed E-state index contributed by atoms with van der Waals surface area (Å²) in [6.45, 7) is 20.4. The molecule has 0 aromatic carbocycles. The first-order chi connectivity index (χ1) is 10.8. The molecule has 24 heavy (non-hydrogen) atoms. The molecule has 0 fully saturated rings. The van der Waals surface area contributed by atoms with E-state index in [0.29, 0.717) is 6.61 Å². The molecule has 0 aromatic rings. The molecule has 6 heteroatoms. The fraction of sp³-hybridized carbons (Fsp3) is 0.889. The lowest BCUT2D eigenvalue weighted by Gasteiger charge is -2.43. The van der Waals surface area contributed by atoms with Crippen molar-refractivity contribution < 1.29 is 14.3 Å². The van der Waals surface area contributed by atoms with E-state index in [9.17, 15) is 5.11 Å². The van der Waals surface area contributed by atoms with Gasteiger partial charge in [-0.15, -0.1) is 8.93 Å². The molecule has 0 spiro atoms. The topological polar surface area (TPSA) is 38.7 Å². The molecule has 0 bridgehead atoms. The maximum absolute atomic E-state index is 10.5. The molecule has 0 aliphatic heterocycles. The van der Waals surface area contributed by atoms with Crippen molar-refractivity contribution in [3.8, 4) is 0 Å². The number of rotatable bonds is 10. The van der Waals surface area contributed by atoms with Crippen molar-refractivity contribution in [3.63, 3.8) is 0 Å². The fourth-order valence-corrected chi connectivity index (χ4v) is 4.49. The molecule has 0 aliphatic rings. The van der Waals surface area contributed by atoms with Crippen LogP contribution in [0.2, 0.25) is 18.1 Å². The predicted molar refractivity (Wildman–Crippen MR) is 115 cm³/mol. The van der Waals surface area contributed by atoms with Crippen LogP contribution in [0, 0.1) is 11.8 Å². The Labute approximate surface area is 155 Å². The van der Waals surface area contributed by atoms with E-state index in [-0.39, 0.29) is 30.6 Å². The van der Waals surface area contributed by atoms with E-state index in [1.807, 2.05) is 19.1 Å². The maximum atomic E-state index is 10.5. The lowest BCUT2D eigenvalue weighted by Crippen LogP contribution is -2.49. The monoisotopic (exact) mass is 394 g/mol. The van der Waals surface area contributed by atoms with Gasteiger partial charge in [0, 0.05) is 11.8 Å². The zero-order chi connectivity index (χ0) is 19.1. The van der Waals surface area contributed by atoms with Gasteiger partial charge in [0.15, 0.2) is 8.32 Å². The van der Waals surface area contributed by atoms with Gasteiger partial charge >= 0.3 is 0 Å². The van der Waals surface area contributed by atoms with E-state index in [0.717, 1.165) is 6.35 Å². The van der Waals surface area contributed by atoms with Crippen LogP contribution in [0.1, 0.15) is 41.5 Å². The summed E-state index contributed by atoms with van der Waals surface area (Å²) in [5.41, 5.74) is 0. The zero-order valence-corrected chi connectivity index (χ0v) is 20.2. The molecule has 0 heterocycles. The fourth-order valence-electron chi connectivity index (χ4n) is 2.30. The summed E-state index contributed by atoms with van der Waals surface area (Å²) >= 11 is 0. The number of hydrogen-bond acceptors (Lipinski definition) is 3. The van der Waals surface area contributed by atoms with Crippen molar-refractivity contribution >= 4 is 24.9 Å². The highest BCUT2D eigenvalue weighted by Gasteiger charge is 2.42. The van der Waals surface area contributed by atoms with Crippen LogP contribution in [0.15, 0.2) is 12.2 Å². The first-order valence-electron chi connectivity index (χ1n) is 8.85. The van der Waals surface area contributed by atoms with Gasteiger partial charge in [0.1, 0.15) is 0 Å². The Hall–Kier alpha value is 0.697. The standard InChI is InChI=1S/C18H40O3P2Si/c1-10-11-16(19)15(3)17(14(2)12-20-13-23(7)22)21-24(8,9)18(4,5)6/h10-11,14-17,19H,12-13,22H2,1-9H3/b11-10+/t14-,15-,16+,17-,23?/m0/s1. The Morgan fingerprint density at radius 3 is 2.21 bits per heavy atom. The number of allylic oxidation sites excluding steroid dienone is 1. The van der Waals surface area contributed by atoms with Crippen LogP contribution in [-0.2, 0) is 9.16 Å². The van der Waals surface area contributed by atoms with Crippen LogP contribution < -0.4 is 0 Å². The van der Waals surface area contributed by atoms with Gasteiger partial charge in [-0.2, -0.15) is 0 Å². The lowest BCUT2D eigenvalue weighted by atomic mass is 9.89. The maximum Gasteiger partial charge on any atom is 0.192 e. The Morgan fingerprint density at radius 2 is 1.79 bits per heavy atom. The number of ether oxygens (including phenoxy) is 1. The van der Waals surface area contributed by atoms with Crippen LogP contribution in [0.3, 0.4) is 0 Å². The Bertz CT molecular complexity index is 381. The minimum Gasteiger partial charge on any atom is -0.413 e. The summed E-state index contributed by atoms with van der Waals surface area (Å²) in [6.07, 6.45) is 4.06. The third kappa shape index (κ3) is 8.38. The molecule has 1 N–H and O–H groups in total. The minimum absolute atomic E-state index is 0.00955. The molecule has 0 saturated heterocycles. The van der Waals surface area contributed by atoms with Crippen LogP contribution >= 0.6 is 16.5 Å². The summed E-state index contributed by atoms with van der Waals surface area (Å²) in [4.78, 5) is 0. The Morgan fingerprint density at radius 1 is 1.25 bits per heavy atom. The number of hydrogen-bond donors (Lipinski definition) is 1. The second-order valence-corrected chi connectivity index (χ2v) is 17.6. The molecule has 144 valence electrons. The van der Waals surface area contributed by atoms with Crippen molar-refractivity contribution in [1.29, 1.82) is 0 Å². The highest BCUT2D eigenvalue weighted by atomic mass is 32.0. The van der Waals surface area contributed by atoms with Crippen molar-refractivity contribution in [2.75, 3.05) is 19.6 Å². The van der Waals surface area contributed by atoms with Gasteiger partial charge in [-0.3, -0.25) is 0 Å². The van der Waals surface area contributed by atoms with E-state index < -0.39 is 14.4 Å². The predicted octanol–water partition coefficient (Wildman–Crippen LogP) is 5.46. The summed E-state index contributed by atoms with van der Waals surface area (Å²) in [5, 5.41) is 10.6. The van der Waals surface area contributed by atoms with Gasteiger partial charge in [0.2, 0.25) is 0 Å². The molecular weight excluding hydrogens is 354 g/mol. The second kappa shape index (κ2) is 10.8. The van der Waals surface area contributed by atoms with Gasteiger partial charge in [-0.25, -0.2) is 0 Å². The Kier molecular flexibility index (Phi) is 11.1. The van der Waals surface area contributed by atoms with E-state index in [4.69, 9.17) is 9.16 Å². The van der Waals surface area contributed by atoms with Gasteiger partial charge in [0.25, 0.3) is 0 Å². The van der Waals surface area contributed by atoms with Crippen molar-refractivity contribution in [1.82, 2.24) is 0 Å². The van der Waals surface area contributed by atoms with E-state index >= 15 is 0 Å². The van der Waals surface area contributed by atoms with Gasteiger partial charge < -0.3 is 14.3 Å². The highest BCUT2D eigenvalue weighted by Crippen LogP contribution is 2.41. The second-order valence-electron chi connectivity index (χ2n) is 8.45. The average molecular weight is 395 g/mol. The quantitative estimate of drug-likeness (QED) is 0.304. The molecule has 6 atom stereocenters. The minimum atomic E-state index is -1.91. The highest BCUT2D eigenvalue weighted by molar-refractivity contribution is 8.13.